The highest BCUT2D eigenvalue weighted by Gasteiger charge is 2.39. The Morgan fingerprint density at radius 3 is 2.53 bits per heavy atom. The van der Waals surface area contributed by atoms with Crippen LogP contribution in [-0.4, -0.2) is 9.78 Å². The second-order valence-electron chi connectivity index (χ2n) is 4.49. The van der Waals surface area contributed by atoms with Crippen LogP contribution in [-0.2, 0) is 6.18 Å². The third kappa shape index (κ3) is 2.63. The average molecular weight is 269 g/mol. The van der Waals surface area contributed by atoms with Gasteiger partial charge in [-0.2, -0.15) is 18.3 Å². The predicted octanol–water partition coefficient (Wildman–Crippen LogP) is 3.22. The monoisotopic (exact) mass is 269 g/mol. The van der Waals surface area contributed by atoms with Gasteiger partial charge in [0.25, 0.3) is 0 Å². The Morgan fingerprint density at radius 1 is 1.32 bits per heavy atom. The molecule has 0 aliphatic carbocycles. The smallest absolute Gasteiger partial charge is 0.324 e. The molecule has 3 nitrogen and oxygen atoms in total. The van der Waals surface area contributed by atoms with Crippen LogP contribution in [0, 0.1) is 6.92 Å². The van der Waals surface area contributed by atoms with Gasteiger partial charge in [0.05, 0.1) is 11.9 Å². The van der Waals surface area contributed by atoms with Crippen molar-refractivity contribution in [3.8, 4) is 5.69 Å². The van der Waals surface area contributed by atoms with Gasteiger partial charge in [-0.15, -0.1) is 0 Å². The van der Waals surface area contributed by atoms with Crippen LogP contribution in [0.2, 0.25) is 0 Å². The number of halogens is 3. The van der Waals surface area contributed by atoms with Crippen LogP contribution in [0.5, 0.6) is 0 Å². The normalized spacial score (nSPS) is 13.6. The van der Waals surface area contributed by atoms with Gasteiger partial charge in [-0.25, -0.2) is 4.68 Å². The fourth-order valence-electron chi connectivity index (χ4n) is 1.93. The SMILES string of the molecule is Cc1cccc(-n2ncc(C(C)N)c2C(F)(F)F)c1. The van der Waals surface area contributed by atoms with Crippen LogP contribution in [0.4, 0.5) is 13.2 Å². The summed E-state index contributed by atoms with van der Waals surface area (Å²) in [6.45, 7) is 3.32. The van der Waals surface area contributed by atoms with E-state index < -0.39 is 17.9 Å². The third-order valence-corrected chi connectivity index (χ3v) is 2.80. The van der Waals surface area contributed by atoms with Crippen LogP contribution in [0.15, 0.2) is 30.5 Å². The predicted molar refractivity (Wildman–Crippen MR) is 65.9 cm³/mol. The van der Waals surface area contributed by atoms with Crippen molar-refractivity contribution in [2.24, 2.45) is 5.73 Å². The van der Waals surface area contributed by atoms with Crippen molar-refractivity contribution >= 4 is 0 Å². The Hall–Kier alpha value is -1.82. The largest absolute Gasteiger partial charge is 0.433 e. The van der Waals surface area contributed by atoms with E-state index in [0.717, 1.165) is 10.2 Å². The number of nitrogens with zero attached hydrogens (tertiary/aromatic N) is 2. The van der Waals surface area contributed by atoms with Crippen LogP contribution in [0.25, 0.3) is 5.69 Å². The van der Waals surface area contributed by atoms with Gasteiger partial charge >= 0.3 is 6.18 Å². The molecule has 0 aliphatic heterocycles. The van der Waals surface area contributed by atoms with Gasteiger partial charge in [0.2, 0.25) is 0 Å². The van der Waals surface area contributed by atoms with Gasteiger partial charge in [0.15, 0.2) is 5.69 Å². The molecule has 6 heteroatoms. The fourth-order valence-corrected chi connectivity index (χ4v) is 1.93. The van der Waals surface area contributed by atoms with Crippen LogP contribution in [0.3, 0.4) is 0 Å². The van der Waals surface area contributed by atoms with Gasteiger partial charge in [-0.3, -0.25) is 0 Å². The molecule has 2 N–H and O–H groups in total. The Balaban J connectivity index is 2.65. The molecule has 0 radical (unpaired) electrons. The minimum Gasteiger partial charge on any atom is -0.324 e. The second kappa shape index (κ2) is 4.70. The zero-order chi connectivity index (χ0) is 14.2. The average Bonchev–Trinajstić information content (AvgIpc) is 2.73. The molecule has 0 bridgehead atoms. The Morgan fingerprint density at radius 2 is 2.00 bits per heavy atom. The number of nitrogens with two attached hydrogens (primary N) is 1. The fraction of sp³-hybridized carbons (Fsp3) is 0.308. The van der Waals surface area contributed by atoms with Crippen molar-refractivity contribution in [2.45, 2.75) is 26.1 Å². The summed E-state index contributed by atoms with van der Waals surface area (Å²) in [6, 6.07) is 6.01. The molecule has 0 saturated heterocycles. The highest BCUT2D eigenvalue weighted by Crippen LogP contribution is 2.35. The summed E-state index contributed by atoms with van der Waals surface area (Å²) in [4.78, 5) is 0. The zero-order valence-corrected chi connectivity index (χ0v) is 10.6. The molecule has 0 fully saturated rings. The molecule has 1 heterocycles. The Kier molecular flexibility index (Phi) is 3.36. The molecule has 19 heavy (non-hydrogen) atoms. The van der Waals surface area contributed by atoms with E-state index in [1.165, 1.54) is 13.1 Å². The molecule has 102 valence electrons. The molecule has 0 aliphatic rings. The maximum absolute atomic E-state index is 13.2. The van der Waals surface area contributed by atoms with Gasteiger partial charge in [-0.1, -0.05) is 12.1 Å². The molecule has 1 unspecified atom stereocenters. The first-order chi connectivity index (χ1) is 8.80. The molecule has 2 aromatic rings. The lowest BCUT2D eigenvalue weighted by Gasteiger charge is -2.14. The van der Waals surface area contributed by atoms with Crippen molar-refractivity contribution < 1.29 is 13.2 Å². The molecular formula is C13H14F3N3. The summed E-state index contributed by atoms with van der Waals surface area (Å²) in [5, 5.41) is 3.83. The van der Waals surface area contributed by atoms with E-state index >= 15 is 0 Å². The van der Waals surface area contributed by atoms with Crippen molar-refractivity contribution in [1.29, 1.82) is 0 Å². The lowest BCUT2D eigenvalue weighted by Crippen LogP contribution is -2.18. The molecule has 1 aromatic heterocycles. The lowest BCUT2D eigenvalue weighted by molar-refractivity contribution is -0.143. The summed E-state index contributed by atoms with van der Waals surface area (Å²) >= 11 is 0. The quantitative estimate of drug-likeness (QED) is 0.909. The summed E-state index contributed by atoms with van der Waals surface area (Å²) < 4.78 is 40.4. The molecule has 0 saturated carbocycles. The Labute approximate surface area is 108 Å². The number of rotatable bonds is 2. The molecule has 1 atom stereocenters. The highest BCUT2D eigenvalue weighted by molar-refractivity contribution is 5.39. The second-order valence-corrected chi connectivity index (χ2v) is 4.49. The molecular weight excluding hydrogens is 255 g/mol. The summed E-state index contributed by atoms with van der Waals surface area (Å²) in [5.74, 6) is 0. The summed E-state index contributed by atoms with van der Waals surface area (Å²) in [6.07, 6.45) is -3.32. The van der Waals surface area contributed by atoms with E-state index in [9.17, 15) is 13.2 Å². The van der Waals surface area contributed by atoms with Gasteiger partial charge in [0, 0.05) is 11.6 Å². The van der Waals surface area contributed by atoms with E-state index in [1.807, 2.05) is 13.0 Å². The topological polar surface area (TPSA) is 43.8 Å². The van der Waals surface area contributed by atoms with Crippen molar-refractivity contribution in [2.75, 3.05) is 0 Å². The zero-order valence-electron chi connectivity index (χ0n) is 10.6. The maximum atomic E-state index is 13.2. The maximum Gasteiger partial charge on any atom is 0.433 e. The molecule has 0 amide bonds. The van der Waals surface area contributed by atoms with Crippen LogP contribution in [0.1, 0.15) is 29.8 Å². The van der Waals surface area contributed by atoms with Crippen molar-refractivity contribution in [3.05, 3.63) is 47.3 Å². The standard InChI is InChI=1S/C13H14F3N3/c1-8-4-3-5-10(6-8)19-12(13(14,15)16)11(7-18-19)9(2)17/h3-7,9H,17H2,1-2H3. The number of hydrogen-bond acceptors (Lipinski definition) is 2. The van der Waals surface area contributed by atoms with E-state index in [4.69, 9.17) is 5.73 Å². The molecule has 1 aromatic carbocycles. The van der Waals surface area contributed by atoms with Crippen LogP contribution < -0.4 is 5.73 Å². The number of hydrogen-bond donors (Lipinski definition) is 1. The minimum atomic E-state index is -4.50. The number of benzene rings is 1. The lowest BCUT2D eigenvalue weighted by atomic mass is 10.1. The third-order valence-electron chi connectivity index (χ3n) is 2.80. The first-order valence-corrected chi connectivity index (χ1v) is 5.78. The van der Waals surface area contributed by atoms with Gasteiger partial charge in [-0.05, 0) is 31.5 Å². The first-order valence-electron chi connectivity index (χ1n) is 5.78. The van der Waals surface area contributed by atoms with E-state index in [1.54, 1.807) is 18.2 Å². The van der Waals surface area contributed by atoms with Crippen LogP contribution >= 0.6 is 0 Å². The van der Waals surface area contributed by atoms with Crippen molar-refractivity contribution in [3.63, 3.8) is 0 Å². The number of alkyl halides is 3. The molecule has 2 rings (SSSR count). The minimum absolute atomic E-state index is 0.00555. The number of aromatic nitrogens is 2. The van der Waals surface area contributed by atoms with E-state index in [2.05, 4.69) is 5.10 Å². The van der Waals surface area contributed by atoms with Gasteiger partial charge < -0.3 is 5.73 Å². The first kappa shape index (κ1) is 13.6. The van der Waals surface area contributed by atoms with Gasteiger partial charge in [0.1, 0.15) is 0 Å². The Bertz CT molecular complexity index is 585. The number of aryl methyl sites for hydroxylation is 1. The molecule has 0 spiro atoms. The van der Waals surface area contributed by atoms with E-state index in [0.29, 0.717) is 5.69 Å². The van der Waals surface area contributed by atoms with E-state index in [-0.39, 0.29) is 5.56 Å². The highest BCUT2D eigenvalue weighted by atomic mass is 19.4. The summed E-state index contributed by atoms with van der Waals surface area (Å²) in [7, 11) is 0. The van der Waals surface area contributed by atoms with Crippen molar-refractivity contribution in [1.82, 2.24) is 9.78 Å². The summed E-state index contributed by atoms with van der Waals surface area (Å²) in [5.41, 5.74) is 6.00.